The topological polar surface area (TPSA) is 61.9 Å². The fourth-order valence-electron chi connectivity index (χ4n) is 3.58. The van der Waals surface area contributed by atoms with E-state index in [4.69, 9.17) is 16.3 Å². The monoisotopic (exact) mass is 465 g/mol. The fraction of sp³-hybridized carbons (Fsp3) is 0.478. The summed E-state index contributed by atoms with van der Waals surface area (Å²) in [5.41, 5.74) is 2.18. The summed E-state index contributed by atoms with van der Waals surface area (Å²) in [6.45, 7) is 6.76. The molecule has 170 valence electrons. The van der Waals surface area contributed by atoms with E-state index in [9.17, 15) is 8.42 Å². The van der Waals surface area contributed by atoms with Crippen LogP contribution < -0.4 is 10.1 Å². The molecule has 1 N–H and O–H groups in total. The maximum atomic E-state index is 12.8. The summed E-state index contributed by atoms with van der Waals surface area (Å²) < 4.78 is 32.9. The van der Waals surface area contributed by atoms with Crippen molar-refractivity contribution in [3.63, 3.8) is 0 Å². The van der Waals surface area contributed by atoms with E-state index in [2.05, 4.69) is 24.2 Å². The lowest BCUT2D eigenvalue weighted by molar-refractivity contribution is 0.294. The van der Waals surface area contributed by atoms with Crippen molar-refractivity contribution in [2.45, 2.75) is 31.2 Å². The van der Waals surface area contributed by atoms with Crippen LogP contribution in [0.4, 0.5) is 0 Å². The molecule has 6 nitrogen and oxygen atoms in total. The highest BCUT2D eigenvalue weighted by Gasteiger charge is 2.25. The van der Waals surface area contributed by atoms with Gasteiger partial charge in [0.05, 0.1) is 11.5 Å². The van der Waals surface area contributed by atoms with Crippen LogP contribution in [0.3, 0.4) is 0 Å². The number of nitrogens with zero attached hydrogens (tertiary/aromatic N) is 2. The van der Waals surface area contributed by atoms with Crippen LogP contribution in [-0.2, 0) is 23.0 Å². The Bertz CT molecular complexity index is 945. The van der Waals surface area contributed by atoms with Gasteiger partial charge in [0.1, 0.15) is 5.75 Å². The van der Waals surface area contributed by atoms with Gasteiger partial charge in [-0.2, -0.15) is 4.31 Å². The van der Waals surface area contributed by atoms with Gasteiger partial charge in [0.25, 0.3) is 0 Å². The number of halogens is 1. The molecule has 0 bridgehead atoms. The number of hydrogen-bond donors (Lipinski definition) is 1. The lowest BCUT2D eigenvalue weighted by atomic mass is 10.1. The molecule has 8 heteroatoms. The Morgan fingerprint density at radius 3 is 2.52 bits per heavy atom. The number of likely N-dealkylation sites (N-methyl/N-ethyl adjacent to an activating group) is 1. The first-order valence-electron chi connectivity index (χ1n) is 10.8. The molecule has 1 heterocycles. The van der Waals surface area contributed by atoms with Crippen LogP contribution in [0, 0.1) is 0 Å². The molecule has 0 spiro atoms. The Labute approximate surface area is 191 Å². The minimum atomic E-state index is -3.41. The molecule has 1 fully saturated rings. The average molecular weight is 466 g/mol. The zero-order valence-electron chi connectivity index (χ0n) is 18.3. The predicted molar refractivity (Wildman–Crippen MR) is 125 cm³/mol. The van der Waals surface area contributed by atoms with E-state index in [-0.39, 0.29) is 0 Å². The first-order chi connectivity index (χ1) is 14.9. The van der Waals surface area contributed by atoms with Crippen LogP contribution in [0.1, 0.15) is 24.5 Å². The molecule has 1 saturated heterocycles. The summed E-state index contributed by atoms with van der Waals surface area (Å²) in [6, 6.07) is 13.0. The molecule has 0 radical (unpaired) electrons. The van der Waals surface area contributed by atoms with E-state index in [1.165, 1.54) is 0 Å². The van der Waals surface area contributed by atoms with E-state index in [1.54, 1.807) is 16.4 Å². The zero-order chi connectivity index (χ0) is 22.3. The molecule has 2 aromatic rings. The van der Waals surface area contributed by atoms with Crippen molar-refractivity contribution >= 4 is 21.6 Å². The number of rotatable bonds is 10. The summed E-state index contributed by atoms with van der Waals surface area (Å²) in [6.07, 6.45) is 1.79. The maximum Gasteiger partial charge on any atom is 0.243 e. The van der Waals surface area contributed by atoms with Crippen molar-refractivity contribution in [2.24, 2.45) is 0 Å². The maximum absolute atomic E-state index is 12.8. The normalized spacial score (nSPS) is 15.4. The van der Waals surface area contributed by atoms with Gasteiger partial charge in [-0.25, -0.2) is 8.42 Å². The molecule has 0 unspecified atom stereocenters. The molecular formula is C23H32ClN3O3S. The summed E-state index contributed by atoms with van der Waals surface area (Å²) in [7, 11) is -1.35. The van der Waals surface area contributed by atoms with Gasteiger partial charge in [-0.3, -0.25) is 0 Å². The fourth-order valence-corrected chi connectivity index (χ4v) is 5.21. The molecule has 0 amide bonds. The number of sulfonamides is 1. The van der Waals surface area contributed by atoms with Crippen molar-refractivity contribution in [1.29, 1.82) is 0 Å². The van der Waals surface area contributed by atoms with Crippen LogP contribution in [0.2, 0.25) is 5.02 Å². The third-order valence-electron chi connectivity index (χ3n) is 5.34. The minimum absolute atomic E-state index is 0.364. The Morgan fingerprint density at radius 1 is 1.13 bits per heavy atom. The van der Waals surface area contributed by atoms with E-state index >= 15 is 0 Å². The summed E-state index contributed by atoms with van der Waals surface area (Å²) >= 11 is 6.18. The standard InChI is InChI=1S/C23H32ClN3O3S/c1-3-16-30-23-9-6-21(24)17-20(23)18-26(2)13-10-19-4-7-22(8-5-19)31(28,29)27-14-11-25-12-15-27/h4-9,17,25H,3,10-16,18H2,1-2H3. The molecule has 2 aromatic carbocycles. The van der Waals surface area contributed by atoms with Gasteiger partial charge in [-0.15, -0.1) is 0 Å². The van der Waals surface area contributed by atoms with Crippen molar-refractivity contribution in [3.05, 3.63) is 58.6 Å². The molecule has 0 aliphatic carbocycles. The lowest BCUT2D eigenvalue weighted by Gasteiger charge is -2.26. The van der Waals surface area contributed by atoms with E-state index in [0.29, 0.717) is 42.7 Å². The number of piperazine rings is 1. The van der Waals surface area contributed by atoms with Crippen molar-refractivity contribution in [3.8, 4) is 5.75 Å². The quantitative estimate of drug-likeness (QED) is 0.582. The number of ether oxygens (including phenoxy) is 1. The Kier molecular flexibility index (Phi) is 8.75. The Balaban J connectivity index is 1.57. The van der Waals surface area contributed by atoms with Crippen LogP contribution in [0.15, 0.2) is 47.4 Å². The molecular weight excluding hydrogens is 434 g/mol. The third-order valence-corrected chi connectivity index (χ3v) is 7.49. The highest BCUT2D eigenvalue weighted by atomic mass is 35.5. The van der Waals surface area contributed by atoms with E-state index in [0.717, 1.165) is 42.8 Å². The third kappa shape index (κ3) is 6.67. The zero-order valence-corrected chi connectivity index (χ0v) is 19.9. The van der Waals surface area contributed by atoms with E-state index in [1.807, 2.05) is 30.3 Å². The number of hydrogen-bond acceptors (Lipinski definition) is 5. The van der Waals surface area contributed by atoms with E-state index < -0.39 is 10.0 Å². The summed E-state index contributed by atoms with van der Waals surface area (Å²) in [5, 5.41) is 3.88. The second-order valence-corrected chi connectivity index (χ2v) is 10.3. The molecule has 0 saturated carbocycles. The van der Waals surface area contributed by atoms with Gasteiger partial charge in [0, 0.05) is 49.9 Å². The molecule has 1 aliphatic rings. The van der Waals surface area contributed by atoms with Gasteiger partial charge in [0.2, 0.25) is 10.0 Å². The minimum Gasteiger partial charge on any atom is -0.493 e. The lowest BCUT2D eigenvalue weighted by Crippen LogP contribution is -2.46. The smallest absolute Gasteiger partial charge is 0.243 e. The summed E-state index contributed by atoms with van der Waals surface area (Å²) in [4.78, 5) is 2.58. The van der Waals surface area contributed by atoms with Crippen molar-refractivity contribution < 1.29 is 13.2 Å². The van der Waals surface area contributed by atoms with Gasteiger partial charge in [0.15, 0.2) is 0 Å². The highest BCUT2D eigenvalue weighted by molar-refractivity contribution is 7.89. The average Bonchev–Trinajstić information content (AvgIpc) is 2.78. The van der Waals surface area contributed by atoms with Crippen molar-refractivity contribution in [2.75, 3.05) is 46.4 Å². The van der Waals surface area contributed by atoms with Crippen LogP contribution in [0.5, 0.6) is 5.75 Å². The molecule has 31 heavy (non-hydrogen) atoms. The first kappa shape index (κ1) is 24.0. The van der Waals surface area contributed by atoms with Gasteiger partial charge in [-0.1, -0.05) is 30.7 Å². The highest BCUT2D eigenvalue weighted by Crippen LogP contribution is 2.24. The molecule has 0 aromatic heterocycles. The SMILES string of the molecule is CCCOc1ccc(Cl)cc1CN(C)CCc1ccc(S(=O)(=O)N2CCNCC2)cc1. The summed E-state index contributed by atoms with van der Waals surface area (Å²) in [5.74, 6) is 0.876. The molecule has 0 atom stereocenters. The second kappa shape index (κ2) is 11.3. The van der Waals surface area contributed by atoms with Crippen molar-refractivity contribution in [1.82, 2.24) is 14.5 Å². The molecule has 1 aliphatic heterocycles. The predicted octanol–water partition coefficient (Wildman–Crippen LogP) is 3.40. The van der Waals surface area contributed by atoms with Crippen LogP contribution in [0.25, 0.3) is 0 Å². The first-order valence-corrected chi connectivity index (χ1v) is 12.6. The number of nitrogens with one attached hydrogen (secondary N) is 1. The van der Waals surface area contributed by atoms with Gasteiger partial charge < -0.3 is 15.0 Å². The number of benzene rings is 2. The van der Waals surface area contributed by atoms with Crippen LogP contribution >= 0.6 is 11.6 Å². The second-order valence-electron chi connectivity index (χ2n) is 7.89. The van der Waals surface area contributed by atoms with Gasteiger partial charge in [-0.05, 0) is 55.8 Å². The Morgan fingerprint density at radius 2 is 1.84 bits per heavy atom. The Hall–Kier alpha value is -1.64. The molecule has 3 rings (SSSR count). The van der Waals surface area contributed by atoms with Gasteiger partial charge >= 0.3 is 0 Å². The van der Waals surface area contributed by atoms with Crippen LogP contribution in [-0.4, -0.2) is 64.0 Å². The largest absolute Gasteiger partial charge is 0.493 e.